The number of hydrogen-bond donors (Lipinski definition) is 0. The highest BCUT2D eigenvalue weighted by molar-refractivity contribution is 5.92. The zero-order chi connectivity index (χ0) is 30.5. The highest BCUT2D eigenvalue weighted by Crippen LogP contribution is 2.33. The van der Waals surface area contributed by atoms with Gasteiger partial charge in [-0.2, -0.15) is 0 Å². The van der Waals surface area contributed by atoms with Gasteiger partial charge in [-0.3, -0.25) is 8.97 Å². The maximum Gasteiger partial charge on any atom is 0.220 e. The molecule has 3 aromatic heterocycles. The molecular weight excluding hydrogens is 560 g/mol. The van der Waals surface area contributed by atoms with Gasteiger partial charge in [0.05, 0.1) is 33.5 Å². The molecule has 0 saturated carbocycles. The summed E-state index contributed by atoms with van der Waals surface area (Å²) in [6.07, 6.45) is 0. The first-order chi connectivity index (χ1) is 22.8. The lowest BCUT2D eigenvalue weighted by Crippen LogP contribution is -1.95. The lowest BCUT2D eigenvalue weighted by atomic mass is 9.98. The van der Waals surface area contributed by atoms with E-state index in [1.165, 1.54) is 5.56 Å². The molecular formula is C42H28N4. The first kappa shape index (κ1) is 26.2. The molecule has 46 heavy (non-hydrogen) atoms. The van der Waals surface area contributed by atoms with Gasteiger partial charge in [0.15, 0.2) is 0 Å². The molecule has 0 bridgehead atoms. The number of fused-ring (bicyclic) bond motifs is 5. The van der Waals surface area contributed by atoms with E-state index in [-0.39, 0.29) is 0 Å². The standard InChI is InChI=1S/C42H28N4/c1-3-12-29(13-4-1)34-27-37(31-14-5-2-6-15-31)43-38(28-34)33-17-11-16-32(26-33)30-22-24-35(25-23-30)45-40-20-9-10-21-41(40)46-39-19-8-7-18-36(39)44-42(45)46/h1-28H. The van der Waals surface area contributed by atoms with Crippen molar-refractivity contribution in [1.82, 2.24) is 18.9 Å². The second-order valence-electron chi connectivity index (χ2n) is 11.5. The monoisotopic (exact) mass is 588 g/mol. The van der Waals surface area contributed by atoms with E-state index in [1.807, 2.05) is 12.1 Å². The molecule has 0 aliphatic rings. The van der Waals surface area contributed by atoms with Gasteiger partial charge in [0.1, 0.15) is 0 Å². The van der Waals surface area contributed by atoms with Crippen LogP contribution in [0.5, 0.6) is 0 Å². The second-order valence-corrected chi connectivity index (χ2v) is 11.5. The van der Waals surface area contributed by atoms with E-state index in [0.717, 1.165) is 72.7 Å². The van der Waals surface area contributed by atoms with Crippen molar-refractivity contribution in [2.75, 3.05) is 0 Å². The van der Waals surface area contributed by atoms with Crippen LogP contribution in [0.2, 0.25) is 0 Å². The highest BCUT2D eigenvalue weighted by atomic mass is 15.2. The van der Waals surface area contributed by atoms with E-state index in [4.69, 9.17) is 9.97 Å². The molecule has 0 unspecified atom stereocenters. The zero-order valence-electron chi connectivity index (χ0n) is 25.0. The van der Waals surface area contributed by atoms with Gasteiger partial charge in [-0.1, -0.05) is 115 Å². The van der Waals surface area contributed by atoms with E-state index >= 15 is 0 Å². The van der Waals surface area contributed by atoms with Crippen LogP contribution in [0.15, 0.2) is 170 Å². The number of imidazole rings is 2. The Hall–Kier alpha value is -6.26. The molecule has 0 fully saturated rings. The van der Waals surface area contributed by atoms with Crippen LogP contribution in [0.25, 0.3) is 78.3 Å². The van der Waals surface area contributed by atoms with E-state index in [1.54, 1.807) is 0 Å². The molecule has 3 heterocycles. The fourth-order valence-corrected chi connectivity index (χ4v) is 6.50. The van der Waals surface area contributed by atoms with E-state index < -0.39 is 0 Å². The molecule has 0 aliphatic heterocycles. The number of hydrogen-bond acceptors (Lipinski definition) is 2. The van der Waals surface area contributed by atoms with Crippen LogP contribution in [0.3, 0.4) is 0 Å². The molecule has 4 heteroatoms. The van der Waals surface area contributed by atoms with Crippen LogP contribution in [0, 0.1) is 0 Å². The molecule has 0 atom stereocenters. The minimum absolute atomic E-state index is 0.913. The maximum absolute atomic E-state index is 5.15. The summed E-state index contributed by atoms with van der Waals surface area (Å²) in [4.78, 5) is 10.2. The Morgan fingerprint density at radius 1 is 0.348 bits per heavy atom. The van der Waals surface area contributed by atoms with Crippen LogP contribution >= 0.6 is 0 Å². The largest absolute Gasteiger partial charge is 0.278 e. The molecule has 0 amide bonds. The third-order valence-corrected chi connectivity index (χ3v) is 8.73. The summed E-state index contributed by atoms with van der Waals surface area (Å²) in [6.45, 7) is 0. The van der Waals surface area contributed by atoms with Crippen molar-refractivity contribution in [3.8, 4) is 50.5 Å². The molecule has 0 aliphatic carbocycles. The Bertz CT molecular complexity index is 2450. The Balaban J connectivity index is 1.13. The van der Waals surface area contributed by atoms with Crippen LogP contribution in [0.1, 0.15) is 0 Å². The fourth-order valence-electron chi connectivity index (χ4n) is 6.50. The molecule has 9 rings (SSSR count). The molecule has 0 N–H and O–H groups in total. The quantitative estimate of drug-likeness (QED) is 0.200. The van der Waals surface area contributed by atoms with Gasteiger partial charge in [-0.25, -0.2) is 9.97 Å². The van der Waals surface area contributed by atoms with Gasteiger partial charge in [-0.15, -0.1) is 0 Å². The number of aromatic nitrogens is 4. The van der Waals surface area contributed by atoms with E-state index in [0.29, 0.717) is 0 Å². The molecule has 9 aromatic rings. The van der Waals surface area contributed by atoms with Gasteiger partial charge in [0.2, 0.25) is 5.78 Å². The summed E-state index contributed by atoms with van der Waals surface area (Å²) in [5, 5.41) is 0. The lowest BCUT2D eigenvalue weighted by molar-refractivity contribution is 1.11. The fraction of sp³-hybridized carbons (Fsp3) is 0. The van der Waals surface area contributed by atoms with Crippen molar-refractivity contribution in [2.24, 2.45) is 0 Å². The van der Waals surface area contributed by atoms with Crippen LogP contribution in [-0.2, 0) is 0 Å². The zero-order valence-corrected chi connectivity index (χ0v) is 25.0. The number of para-hydroxylation sites is 4. The van der Waals surface area contributed by atoms with Gasteiger partial charge in [0.25, 0.3) is 0 Å². The first-order valence-corrected chi connectivity index (χ1v) is 15.5. The van der Waals surface area contributed by atoms with Crippen molar-refractivity contribution in [3.05, 3.63) is 170 Å². The average molecular weight is 589 g/mol. The van der Waals surface area contributed by atoms with Crippen molar-refractivity contribution in [2.45, 2.75) is 0 Å². The third-order valence-electron chi connectivity index (χ3n) is 8.73. The lowest BCUT2D eigenvalue weighted by Gasteiger charge is -2.12. The average Bonchev–Trinajstić information content (AvgIpc) is 3.67. The summed E-state index contributed by atoms with van der Waals surface area (Å²) >= 11 is 0. The highest BCUT2D eigenvalue weighted by Gasteiger charge is 2.17. The van der Waals surface area contributed by atoms with E-state index in [2.05, 4.69) is 167 Å². The predicted molar refractivity (Wildman–Crippen MR) is 189 cm³/mol. The minimum Gasteiger partial charge on any atom is -0.278 e. The summed E-state index contributed by atoms with van der Waals surface area (Å²) in [5.41, 5.74) is 14.2. The Kier molecular flexibility index (Phi) is 6.10. The third kappa shape index (κ3) is 4.39. The van der Waals surface area contributed by atoms with Crippen molar-refractivity contribution < 1.29 is 0 Å². The summed E-state index contributed by atoms with van der Waals surface area (Å²) in [6, 6.07) is 59.6. The molecule has 6 aromatic carbocycles. The molecule has 4 nitrogen and oxygen atoms in total. The summed E-state index contributed by atoms with van der Waals surface area (Å²) < 4.78 is 4.50. The van der Waals surface area contributed by atoms with Gasteiger partial charge < -0.3 is 0 Å². The van der Waals surface area contributed by atoms with Crippen molar-refractivity contribution >= 4 is 27.8 Å². The van der Waals surface area contributed by atoms with Crippen LogP contribution in [-0.4, -0.2) is 18.9 Å². The Morgan fingerprint density at radius 3 is 1.67 bits per heavy atom. The van der Waals surface area contributed by atoms with E-state index in [9.17, 15) is 0 Å². The van der Waals surface area contributed by atoms with Crippen molar-refractivity contribution in [1.29, 1.82) is 0 Å². The normalized spacial score (nSPS) is 11.5. The second kappa shape index (κ2) is 10.7. The Labute approximate surface area is 266 Å². The topological polar surface area (TPSA) is 35.1 Å². The predicted octanol–water partition coefficient (Wildman–Crippen LogP) is 10.5. The first-order valence-electron chi connectivity index (χ1n) is 15.5. The van der Waals surface area contributed by atoms with Gasteiger partial charge >= 0.3 is 0 Å². The van der Waals surface area contributed by atoms with Crippen LogP contribution < -0.4 is 0 Å². The minimum atomic E-state index is 0.913. The van der Waals surface area contributed by atoms with Gasteiger partial charge in [-0.05, 0) is 76.9 Å². The smallest absolute Gasteiger partial charge is 0.220 e. The molecule has 216 valence electrons. The van der Waals surface area contributed by atoms with Gasteiger partial charge in [0, 0.05) is 16.8 Å². The number of rotatable bonds is 5. The SMILES string of the molecule is c1ccc(-c2cc(-c3ccccc3)nc(-c3cccc(-c4ccc(-n5c6ccccc6n6c7ccccc7nc56)cc4)c3)c2)cc1. The molecule has 0 spiro atoms. The summed E-state index contributed by atoms with van der Waals surface area (Å²) in [7, 11) is 0. The number of pyridine rings is 1. The maximum atomic E-state index is 5.15. The van der Waals surface area contributed by atoms with Crippen molar-refractivity contribution in [3.63, 3.8) is 0 Å². The molecule has 0 radical (unpaired) electrons. The van der Waals surface area contributed by atoms with Crippen LogP contribution in [0.4, 0.5) is 0 Å². The molecule has 0 saturated heterocycles. The summed E-state index contributed by atoms with van der Waals surface area (Å²) in [5.74, 6) is 0.913. The number of benzene rings is 6. The Morgan fingerprint density at radius 2 is 0.913 bits per heavy atom. The number of nitrogens with zero attached hydrogens (tertiary/aromatic N) is 4.